The lowest BCUT2D eigenvalue weighted by Crippen LogP contribution is -2.39. The molecule has 4 heterocycles. The topological polar surface area (TPSA) is 76.8 Å². The van der Waals surface area contributed by atoms with Gasteiger partial charge in [-0.05, 0) is 19.8 Å². The second-order valence-electron chi connectivity index (χ2n) is 6.13. The number of likely N-dealkylation sites (tertiary alicyclic amines) is 1. The molecule has 0 saturated carbocycles. The summed E-state index contributed by atoms with van der Waals surface area (Å²) in [5.74, 6) is 1.02. The van der Waals surface area contributed by atoms with Crippen molar-refractivity contribution in [1.29, 1.82) is 0 Å². The van der Waals surface area contributed by atoms with Gasteiger partial charge in [-0.2, -0.15) is 0 Å². The lowest BCUT2D eigenvalue weighted by Gasteiger charge is -2.32. The van der Waals surface area contributed by atoms with Gasteiger partial charge >= 0.3 is 0 Å². The van der Waals surface area contributed by atoms with Crippen molar-refractivity contribution in [3.8, 4) is 5.82 Å². The van der Waals surface area contributed by atoms with Crippen LogP contribution in [-0.2, 0) is 0 Å². The summed E-state index contributed by atoms with van der Waals surface area (Å²) >= 11 is 1.41. The van der Waals surface area contributed by atoms with Crippen LogP contribution in [0.15, 0.2) is 36.6 Å². The zero-order valence-corrected chi connectivity index (χ0v) is 14.7. The van der Waals surface area contributed by atoms with Crippen LogP contribution >= 0.6 is 11.3 Å². The number of piperidine rings is 1. The molecule has 4 rings (SSSR count). The molecule has 1 aliphatic heterocycles. The average molecular weight is 354 g/mol. The van der Waals surface area contributed by atoms with Gasteiger partial charge in [0.1, 0.15) is 11.2 Å². The second-order valence-corrected chi connectivity index (χ2v) is 6.98. The first kappa shape index (κ1) is 15.9. The summed E-state index contributed by atoms with van der Waals surface area (Å²) in [7, 11) is 0. The average Bonchev–Trinajstić information content (AvgIpc) is 3.33. The second kappa shape index (κ2) is 6.72. The molecule has 3 aromatic rings. The van der Waals surface area contributed by atoms with E-state index in [0.29, 0.717) is 6.54 Å². The van der Waals surface area contributed by atoms with E-state index in [1.807, 2.05) is 22.6 Å². The molecule has 1 saturated heterocycles. The van der Waals surface area contributed by atoms with Crippen molar-refractivity contribution >= 4 is 17.2 Å². The van der Waals surface area contributed by atoms with Gasteiger partial charge in [0.15, 0.2) is 5.82 Å². The maximum Gasteiger partial charge on any atom is 0.265 e. The Kier molecular flexibility index (Phi) is 4.27. The van der Waals surface area contributed by atoms with Crippen molar-refractivity contribution in [3.05, 3.63) is 52.9 Å². The van der Waals surface area contributed by atoms with Crippen LogP contribution < -0.4 is 0 Å². The van der Waals surface area contributed by atoms with Crippen molar-refractivity contribution in [2.45, 2.75) is 25.7 Å². The lowest BCUT2D eigenvalue weighted by molar-refractivity contribution is 0.0709. The molecule has 1 amide bonds. The van der Waals surface area contributed by atoms with Gasteiger partial charge in [-0.25, -0.2) is 15.0 Å². The van der Waals surface area contributed by atoms with Gasteiger partial charge < -0.3 is 4.90 Å². The molecule has 0 spiro atoms. The van der Waals surface area contributed by atoms with E-state index in [9.17, 15) is 4.79 Å². The molecule has 0 unspecified atom stereocenters. The summed E-state index contributed by atoms with van der Waals surface area (Å²) in [5.41, 5.74) is 3.45. The fraction of sp³-hybridized carbons (Fsp3) is 0.353. The van der Waals surface area contributed by atoms with Gasteiger partial charge in [0, 0.05) is 37.6 Å². The Labute approximate surface area is 149 Å². The van der Waals surface area contributed by atoms with Gasteiger partial charge in [-0.1, -0.05) is 0 Å². The molecule has 1 aliphatic rings. The van der Waals surface area contributed by atoms with Crippen LogP contribution in [0.5, 0.6) is 0 Å². The summed E-state index contributed by atoms with van der Waals surface area (Å²) in [6.45, 7) is 3.32. The van der Waals surface area contributed by atoms with Gasteiger partial charge in [-0.15, -0.1) is 11.3 Å². The van der Waals surface area contributed by atoms with E-state index < -0.39 is 0 Å². The standard InChI is InChI=1S/C17H18N6OS/c1-12-16(25-11-20-12)17(24)22-5-2-3-13(9-22)14-7-19-8-15(21-14)23-6-4-18-10-23/h4,6-8,10-11,13H,2-3,5,9H2,1H3/t13-/m1/s1. The van der Waals surface area contributed by atoms with E-state index >= 15 is 0 Å². The van der Waals surface area contributed by atoms with E-state index in [2.05, 4.69) is 15.0 Å². The molecule has 25 heavy (non-hydrogen) atoms. The molecule has 7 nitrogen and oxygen atoms in total. The molecular weight excluding hydrogens is 336 g/mol. The summed E-state index contributed by atoms with van der Waals surface area (Å²) < 4.78 is 1.84. The largest absolute Gasteiger partial charge is 0.337 e. The quantitative estimate of drug-likeness (QED) is 0.722. The number of aryl methyl sites for hydroxylation is 1. The molecule has 0 aliphatic carbocycles. The molecule has 0 radical (unpaired) electrons. The zero-order chi connectivity index (χ0) is 17.2. The summed E-state index contributed by atoms with van der Waals surface area (Å²) in [6.07, 6.45) is 10.8. The summed E-state index contributed by atoms with van der Waals surface area (Å²) in [5, 5.41) is 0. The highest BCUT2D eigenvalue weighted by molar-refractivity contribution is 7.11. The van der Waals surface area contributed by atoms with Crippen molar-refractivity contribution in [3.63, 3.8) is 0 Å². The number of hydrogen-bond acceptors (Lipinski definition) is 6. The first-order chi connectivity index (χ1) is 12.2. The third-order valence-corrected chi connectivity index (χ3v) is 5.39. The normalized spacial score (nSPS) is 17.6. The molecule has 0 bridgehead atoms. The Balaban J connectivity index is 1.55. The van der Waals surface area contributed by atoms with Crippen LogP contribution in [0.2, 0.25) is 0 Å². The maximum absolute atomic E-state index is 12.8. The molecule has 8 heteroatoms. The van der Waals surface area contributed by atoms with Crippen LogP contribution in [0.3, 0.4) is 0 Å². The van der Waals surface area contributed by atoms with Crippen molar-refractivity contribution < 1.29 is 4.79 Å². The number of carbonyl (C=O) groups is 1. The SMILES string of the molecule is Cc1ncsc1C(=O)N1CCC[C@@H](c2cncc(-n3ccnc3)n2)C1. The number of amides is 1. The molecule has 0 N–H and O–H groups in total. The smallest absolute Gasteiger partial charge is 0.265 e. The van der Waals surface area contributed by atoms with E-state index in [1.165, 1.54) is 11.3 Å². The molecule has 1 atom stereocenters. The van der Waals surface area contributed by atoms with Crippen molar-refractivity contribution in [1.82, 2.24) is 29.4 Å². The third-order valence-electron chi connectivity index (χ3n) is 4.48. The molecular formula is C17H18N6OS. The number of aromatic nitrogens is 5. The van der Waals surface area contributed by atoms with Gasteiger partial charge in [0.05, 0.1) is 23.1 Å². The minimum Gasteiger partial charge on any atom is -0.337 e. The first-order valence-corrected chi connectivity index (χ1v) is 9.10. The minimum atomic E-state index is 0.0726. The van der Waals surface area contributed by atoms with Crippen LogP contribution in [0.1, 0.15) is 39.8 Å². The minimum absolute atomic E-state index is 0.0726. The summed E-state index contributed by atoms with van der Waals surface area (Å²) in [4.78, 5) is 32.7. The van der Waals surface area contributed by atoms with Crippen LogP contribution in [-0.4, -0.2) is 48.4 Å². The van der Waals surface area contributed by atoms with E-state index in [4.69, 9.17) is 4.98 Å². The Morgan fingerprint density at radius 1 is 1.32 bits per heavy atom. The molecule has 0 aromatic carbocycles. The highest BCUT2D eigenvalue weighted by atomic mass is 32.1. The monoisotopic (exact) mass is 354 g/mol. The zero-order valence-electron chi connectivity index (χ0n) is 13.9. The molecule has 1 fully saturated rings. The number of imidazole rings is 1. The Morgan fingerprint density at radius 2 is 2.24 bits per heavy atom. The first-order valence-electron chi connectivity index (χ1n) is 8.22. The van der Waals surface area contributed by atoms with Crippen molar-refractivity contribution in [2.75, 3.05) is 13.1 Å². The molecule has 128 valence electrons. The van der Waals surface area contributed by atoms with Gasteiger partial charge in [0.25, 0.3) is 5.91 Å². The van der Waals surface area contributed by atoms with E-state index in [-0.39, 0.29) is 11.8 Å². The van der Waals surface area contributed by atoms with Crippen LogP contribution in [0.4, 0.5) is 0 Å². The number of thiazole rings is 1. The Hall–Kier alpha value is -2.61. The number of carbonyl (C=O) groups excluding carboxylic acids is 1. The highest BCUT2D eigenvalue weighted by Crippen LogP contribution is 2.27. The highest BCUT2D eigenvalue weighted by Gasteiger charge is 2.28. The van der Waals surface area contributed by atoms with E-state index in [0.717, 1.165) is 41.5 Å². The lowest BCUT2D eigenvalue weighted by atomic mass is 9.95. The molecule has 3 aromatic heterocycles. The fourth-order valence-corrected chi connectivity index (χ4v) is 3.91. The number of hydrogen-bond donors (Lipinski definition) is 0. The third kappa shape index (κ3) is 3.17. The fourth-order valence-electron chi connectivity index (χ4n) is 3.14. The van der Waals surface area contributed by atoms with Crippen LogP contribution in [0, 0.1) is 6.92 Å². The Morgan fingerprint density at radius 3 is 3.00 bits per heavy atom. The summed E-state index contributed by atoms with van der Waals surface area (Å²) in [6, 6.07) is 0. The number of rotatable bonds is 3. The Bertz CT molecular complexity index is 875. The van der Waals surface area contributed by atoms with Crippen molar-refractivity contribution in [2.24, 2.45) is 0 Å². The van der Waals surface area contributed by atoms with Gasteiger partial charge in [-0.3, -0.25) is 14.3 Å². The van der Waals surface area contributed by atoms with E-state index in [1.54, 1.807) is 30.4 Å². The maximum atomic E-state index is 12.8. The predicted molar refractivity (Wildman–Crippen MR) is 93.9 cm³/mol. The van der Waals surface area contributed by atoms with Gasteiger partial charge in [0.2, 0.25) is 0 Å². The predicted octanol–water partition coefficient (Wildman–Crippen LogP) is 2.45. The van der Waals surface area contributed by atoms with Crippen LogP contribution in [0.25, 0.3) is 5.82 Å². The number of nitrogens with zero attached hydrogens (tertiary/aromatic N) is 6.